The van der Waals surface area contributed by atoms with Crippen molar-refractivity contribution in [1.82, 2.24) is 9.97 Å². The summed E-state index contributed by atoms with van der Waals surface area (Å²) in [5, 5.41) is 3.03. The quantitative estimate of drug-likeness (QED) is 0.785. The second-order valence-electron chi connectivity index (χ2n) is 3.46. The first-order valence-electron chi connectivity index (χ1n) is 5.21. The number of halogens is 1. The number of nitrogens with two attached hydrogens (primary N) is 1. The van der Waals surface area contributed by atoms with E-state index < -0.39 is 5.82 Å². The highest BCUT2D eigenvalue weighted by molar-refractivity contribution is 5.39. The van der Waals surface area contributed by atoms with Crippen molar-refractivity contribution in [1.29, 1.82) is 0 Å². The Labute approximate surface area is 89.1 Å². The number of nitrogens with zero attached hydrogens (tertiary/aromatic N) is 2. The van der Waals surface area contributed by atoms with Gasteiger partial charge in [0.05, 0.1) is 6.20 Å². The van der Waals surface area contributed by atoms with E-state index >= 15 is 0 Å². The molecule has 0 aliphatic rings. The summed E-state index contributed by atoms with van der Waals surface area (Å²) in [6.07, 6.45) is 4.05. The van der Waals surface area contributed by atoms with Crippen LogP contribution in [0.25, 0.3) is 0 Å². The van der Waals surface area contributed by atoms with Crippen molar-refractivity contribution in [3.63, 3.8) is 0 Å². The lowest BCUT2D eigenvalue weighted by atomic mass is 10.1. The molecule has 0 bridgehead atoms. The summed E-state index contributed by atoms with van der Waals surface area (Å²) >= 11 is 0. The number of nitrogens with one attached hydrogen (secondary N) is 1. The predicted octanol–water partition coefficient (Wildman–Crippen LogP) is 2.19. The van der Waals surface area contributed by atoms with Crippen LogP contribution in [-0.2, 0) is 0 Å². The standard InChI is InChI=1S/C10H17FN4/c1-3-5-7(4-2)14-9-8(11)6-13-10(12)15-9/h6-7H,3-5H2,1-2H3,(H3,12,13,14,15). The Morgan fingerprint density at radius 3 is 2.87 bits per heavy atom. The highest BCUT2D eigenvalue weighted by atomic mass is 19.1. The molecule has 0 aliphatic carbocycles. The number of hydrogen-bond donors (Lipinski definition) is 2. The maximum absolute atomic E-state index is 13.3. The third-order valence-electron chi connectivity index (χ3n) is 2.23. The second-order valence-corrected chi connectivity index (χ2v) is 3.46. The van der Waals surface area contributed by atoms with Crippen LogP contribution in [0, 0.1) is 5.82 Å². The molecule has 1 atom stereocenters. The van der Waals surface area contributed by atoms with Crippen LogP contribution >= 0.6 is 0 Å². The molecule has 1 aromatic rings. The highest BCUT2D eigenvalue weighted by Gasteiger charge is 2.10. The number of nitrogen functional groups attached to an aromatic ring is 1. The maximum atomic E-state index is 13.3. The van der Waals surface area contributed by atoms with Crippen LogP contribution in [-0.4, -0.2) is 16.0 Å². The molecule has 0 spiro atoms. The van der Waals surface area contributed by atoms with E-state index in [2.05, 4.69) is 29.1 Å². The molecule has 1 heterocycles. The molecule has 4 nitrogen and oxygen atoms in total. The van der Waals surface area contributed by atoms with Gasteiger partial charge in [-0.2, -0.15) is 4.98 Å². The summed E-state index contributed by atoms with van der Waals surface area (Å²) in [4.78, 5) is 7.39. The Morgan fingerprint density at radius 1 is 1.53 bits per heavy atom. The van der Waals surface area contributed by atoms with Crippen LogP contribution in [0.1, 0.15) is 33.1 Å². The topological polar surface area (TPSA) is 63.8 Å². The van der Waals surface area contributed by atoms with Gasteiger partial charge in [0, 0.05) is 6.04 Å². The van der Waals surface area contributed by atoms with Gasteiger partial charge in [-0.15, -0.1) is 0 Å². The maximum Gasteiger partial charge on any atom is 0.222 e. The fourth-order valence-electron chi connectivity index (χ4n) is 1.40. The predicted molar refractivity (Wildman–Crippen MR) is 59.0 cm³/mol. The molecule has 84 valence electrons. The minimum Gasteiger partial charge on any atom is -0.368 e. The fraction of sp³-hybridized carbons (Fsp3) is 0.600. The minimum absolute atomic E-state index is 0.0882. The van der Waals surface area contributed by atoms with E-state index in [1.165, 1.54) is 0 Å². The summed E-state index contributed by atoms with van der Waals surface area (Å²) in [7, 11) is 0. The molecule has 15 heavy (non-hydrogen) atoms. The summed E-state index contributed by atoms with van der Waals surface area (Å²) in [6.45, 7) is 4.14. The van der Waals surface area contributed by atoms with Gasteiger partial charge < -0.3 is 11.1 Å². The first kappa shape index (κ1) is 11.7. The third kappa shape index (κ3) is 3.34. The van der Waals surface area contributed by atoms with Crippen molar-refractivity contribution in [3.05, 3.63) is 12.0 Å². The van der Waals surface area contributed by atoms with Crippen LogP contribution in [0.5, 0.6) is 0 Å². The van der Waals surface area contributed by atoms with Crippen LogP contribution in [0.3, 0.4) is 0 Å². The van der Waals surface area contributed by atoms with Crippen molar-refractivity contribution in [3.8, 4) is 0 Å². The van der Waals surface area contributed by atoms with E-state index in [0.717, 1.165) is 25.5 Å². The summed E-state index contributed by atoms with van der Waals surface area (Å²) < 4.78 is 13.3. The molecule has 0 aliphatic heterocycles. The lowest BCUT2D eigenvalue weighted by Crippen LogP contribution is -2.20. The van der Waals surface area contributed by atoms with Crippen molar-refractivity contribution >= 4 is 11.8 Å². The van der Waals surface area contributed by atoms with Gasteiger partial charge in [-0.3, -0.25) is 0 Å². The van der Waals surface area contributed by atoms with Gasteiger partial charge in [-0.1, -0.05) is 20.3 Å². The summed E-state index contributed by atoms with van der Waals surface area (Å²) in [5.74, 6) is -0.174. The second kappa shape index (κ2) is 5.48. The van der Waals surface area contributed by atoms with Gasteiger partial charge in [0.15, 0.2) is 11.6 Å². The van der Waals surface area contributed by atoms with Gasteiger partial charge in [0.25, 0.3) is 0 Å². The van der Waals surface area contributed by atoms with E-state index in [1.54, 1.807) is 0 Å². The van der Waals surface area contributed by atoms with Crippen molar-refractivity contribution < 1.29 is 4.39 Å². The number of aromatic nitrogens is 2. The summed E-state index contributed by atoms with van der Waals surface area (Å²) in [6, 6.07) is 0.235. The van der Waals surface area contributed by atoms with Crippen molar-refractivity contribution in [2.75, 3.05) is 11.1 Å². The van der Waals surface area contributed by atoms with E-state index in [1.807, 2.05) is 0 Å². The van der Waals surface area contributed by atoms with E-state index in [0.29, 0.717) is 0 Å². The Morgan fingerprint density at radius 2 is 2.27 bits per heavy atom. The van der Waals surface area contributed by atoms with Crippen LogP contribution < -0.4 is 11.1 Å². The molecule has 0 saturated carbocycles. The largest absolute Gasteiger partial charge is 0.368 e. The minimum atomic E-state index is -0.459. The van der Waals surface area contributed by atoms with Crippen LogP contribution in [0.15, 0.2) is 6.20 Å². The third-order valence-corrected chi connectivity index (χ3v) is 2.23. The van der Waals surface area contributed by atoms with E-state index in [9.17, 15) is 4.39 Å². The first-order valence-corrected chi connectivity index (χ1v) is 5.21. The molecule has 3 N–H and O–H groups in total. The normalized spacial score (nSPS) is 12.5. The van der Waals surface area contributed by atoms with E-state index in [4.69, 9.17) is 5.73 Å². The molecule has 1 unspecified atom stereocenters. The zero-order valence-corrected chi connectivity index (χ0v) is 9.13. The van der Waals surface area contributed by atoms with E-state index in [-0.39, 0.29) is 17.8 Å². The van der Waals surface area contributed by atoms with Crippen LogP contribution in [0.2, 0.25) is 0 Å². The zero-order chi connectivity index (χ0) is 11.3. The number of hydrogen-bond acceptors (Lipinski definition) is 4. The van der Waals surface area contributed by atoms with Gasteiger partial charge in [-0.05, 0) is 12.8 Å². The molecule has 0 aromatic carbocycles. The lowest BCUT2D eigenvalue weighted by Gasteiger charge is -2.16. The fourth-order valence-corrected chi connectivity index (χ4v) is 1.40. The van der Waals surface area contributed by atoms with Crippen molar-refractivity contribution in [2.24, 2.45) is 0 Å². The molecule has 1 rings (SSSR count). The van der Waals surface area contributed by atoms with Crippen LogP contribution in [0.4, 0.5) is 16.2 Å². The molecule has 0 fully saturated rings. The van der Waals surface area contributed by atoms with Gasteiger partial charge in [-0.25, -0.2) is 9.37 Å². The first-order chi connectivity index (χ1) is 7.17. The Kier molecular flexibility index (Phi) is 4.27. The number of rotatable bonds is 5. The monoisotopic (exact) mass is 212 g/mol. The molecule has 0 radical (unpaired) electrons. The lowest BCUT2D eigenvalue weighted by molar-refractivity contribution is 0.589. The molecule has 0 saturated heterocycles. The smallest absolute Gasteiger partial charge is 0.222 e. The molecular formula is C10H17FN4. The Bertz CT molecular complexity index is 316. The van der Waals surface area contributed by atoms with Crippen molar-refractivity contribution in [2.45, 2.75) is 39.2 Å². The molecule has 1 aromatic heterocycles. The average molecular weight is 212 g/mol. The molecular weight excluding hydrogens is 195 g/mol. The van der Waals surface area contributed by atoms with Gasteiger partial charge in [0.1, 0.15) is 0 Å². The summed E-state index contributed by atoms with van der Waals surface area (Å²) in [5.41, 5.74) is 5.39. The van der Waals surface area contributed by atoms with Gasteiger partial charge in [0.2, 0.25) is 5.95 Å². The van der Waals surface area contributed by atoms with Gasteiger partial charge >= 0.3 is 0 Å². The molecule has 0 amide bonds. The SMILES string of the molecule is CCCC(CC)Nc1nc(N)ncc1F. The Balaban J connectivity index is 2.73. The highest BCUT2D eigenvalue weighted by Crippen LogP contribution is 2.14. The number of anilines is 2. The average Bonchev–Trinajstić information content (AvgIpc) is 2.22. The molecule has 5 heteroatoms. The zero-order valence-electron chi connectivity index (χ0n) is 9.13. The Hall–Kier alpha value is -1.39.